The summed E-state index contributed by atoms with van der Waals surface area (Å²) in [7, 11) is 0. The minimum Gasteiger partial charge on any atom is -0.282 e. The van der Waals surface area contributed by atoms with E-state index in [1.165, 1.54) is 11.8 Å². The van der Waals surface area contributed by atoms with Crippen LogP contribution in [0.4, 0.5) is 4.39 Å². The van der Waals surface area contributed by atoms with Gasteiger partial charge in [-0.2, -0.15) is 0 Å². The van der Waals surface area contributed by atoms with Crippen molar-refractivity contribution in [3.63, 3.8) is 0 Å². The molecule has 0 aliphatic carbocycles. The normalized spacial score (nSPS) is 12.4. The molecule has 1 rings (SSSR count). The van der Waals surface area contributed by atoms with E-state index in [-0.39, 0.29) is 5.12 Å². The molecule has 0 fully saturated rings. The summed E-state index contributed by atoms with van der Waals surface area (Å²) in [5, 5.41) is 0.129. The fourth-order valence-electron chi connectivity index (χ4n) is 1.53. The number of hydrogen-bond donors (Lipinski definition) is 0. The molecule has 0 bridgehead atoms. The van der Waals surface area contributed by atoms with E-state index in [0.29, 0.717) is 6.42 Å². The highest BCUT2D eigenvalue weighted by Crippen LogP contribution is 2.15. The minimum atomic E-state index is -0.700. The highest BCUT2D eigenvalue weighted by Gasteiger charge is 2.05. The first kappa shape index (κ1) is 14.2. The number of unbranched alkanes of at least 4 members (excludes halogenated alkanes) is 2. The number of hydrogen-bond acceptors (Lipinski definition) is 2. The molecule has 0 N–H and O–H groups in total. The molecule has 0 aromatic heterocycles. The molecule has 0 radical (unpaired) electrons. The second kappa shape index (κ2) is 8.29. The van der Waals surface area contributed by atoms with Gasteiger partial charge in [-0.3, -0.25) is 4.79 Å². The van der Waals surface area contributed by atoms with Crippen molar-refractivity contribution in [2.24, 2.45) is 0 Å². The van der Waals surface area contributed by atoms with Crippen LogP contribution in [0.2, 0.25) is 0 Å². The molecular formula is C14H19FOS. The number of carbonyl (C=O) groups excluding carboxylic acids is 1. The third kappa shape index (κ3) is 6.47. The zero-order valence-corrected chi connectivity index (χ0v) is 11.0. The van der Waals surface area contributed by atoms with E-state index in [2.05, 4.69) is 0 Å². The Morgan fingerprint density at radius 1 is 1.24 bits per heavy atom. The lowest BCUT2D eigenvalue weighted by molar-refractivity contribution is 0.108. The second-order valence-electron chi connectivity index (χ2n) is 4.13. The van der Waals surface area contributed by atoms with Gasteiger partial charge in [0.15, 0.2) is 0 Å². The Morgan fingerprint density at radius 2 is 1.94 bits per heavy atom. The smallest absolute Gasteiger partial charge is 0.219 e. The summed E-state index contributed by atoms with van der Waals surface area (Å²) in [5.41, 5.74) is 0.759. The van der Waals surface area contributed by atoms with Crippen LogP contribution in [0.3, 0.4) is 0 Å². The maximum absolute atomic E-state index is 12.5. The number of alkyl halides is 1. The average Bonchev–Trinajstić information content (AvgIpc) is 2.34. The van der Waals surface area contributed by atoms with Crippen molar-refractivity contribution in [2.45, 2.75) is 38.8 Å². The molecular weight excluding hydrogens is 235 g/mol. The van der Waals surface area contributed by atoms with Gasteiger partial charge in [0.05, 0.1) is 6.17 Å². The van der Waals surface area contributed by atoms with Crippen molar-refractivity contribution >= 4 is 16.9 Å². The van der Waals surface area contributed by atoms with E-state index in [1.54, 1.807) is 6.92 Å². The third-order valence-corrected chi connectivity index (χ3v) is 3.48. The van der Waals surface area contributed by atoms with Crippen LogP contribution in [0, 0.1) is 0 Å². The summed E-state index contributed by atoms with van der Waals surface area (Å²) < 4.78 is 12.5. The molecule has 3 heteroatoms. The molecule has 0 heterocycles. The van der Waals surface area contributed by atoms with Gasteiger partial charge >= 0.3 is 0 Å². The summed E-state index contributed by atoms with van der Waals surface area (Å²) in [6.45, 7) is 1.59. The monoisotopic (exact) mass is 254 g/mol. The van der Waals surface area contributed by atoms with Gasteiger partial charge < -0.3 is 0 Å². The second-order valence-corrected chi connectivity index (χ2v) is 5.20. The van der Waals surface area contributed by atoms with Gasteiger partial charge in [0, 0.05) is 11.3 Å². The predicted molar refractivity (Wildman–Crippen MR) is 72.3 cm³/mol. The molecule has 0 aliphatic rings. The molecule has 1 nitrogen and oxygen atoms in total. The van der Waals surface area contributed by atoms with E-state index in [0.717, 1.165) is 30.6 Å². The molecule has 0 spiro atoms. The van der Waals surface area contributed by atoms with Crippen LogP contribution in [-0.2, 0) is 0 Å². The van der Waals surface area contributed by atoms with E-state index in [9.17, 15) is 9.18 Å². The standard InChI is InChI=1S/C14H19FOS/c1-12(15)8-4-3-7-11-17-14(16)13-9-5-2-6-10-13/h2,5-6,9-10,12H,3-4,7-8,11H2,1H3. The van der Waals surface area contributed by atoms with Gasteiger partial charge in [0.2, 0.25) is 5.12 Å². The molecule has 17 heavy (non-hydrogen) atoms. The fraction of sp³-hybridized carbons (Fsp3) is 0.500. The van der Waals surface area contributed by atoms with Crippen molar-refractivity contribution in [1.82, 2.24) is 0 Å². The van der Waals surface area contributed by atoms with E-state index < -0.39 is 6.17 Å². The molecule has 0 amide bonds. The summed E-state index contributed by atoms with van der Waals surface area (Å²) in [4.78, 5) is 11.7. The van der Waals surface area contributed by atoms with Gasteiger partial charge in [0.25, 0.3) is 0 Å². The summed E-state index contributed by atoms with van der Waals surface area (Å²) in [6.07, 6.45) is 2.84. The lowest BCUT2D eigenvalue weighted by Crippen LogP contribution is -1.95. The van der Waals surface area contributed by atoms with Crippen LogP contribution in [0.15, 0.2) is 30.3 Å². The number of benzene rings is 1. The number of carbonyl (C=O) groups is 1. The topological polar surface area (TPSA) is 17.1 Å². The van der Waals surface area contributed by atoms with Crippen molar-refractivity contribution in [3.8, 4) is 0 Å². The maximum Gasteiger partial charge on any atom is 0.219 e. The molecule has 1 atom stereocenters. The largest absolute Gasteiger partial charge is 0.282 e. The van der Waals surface area contributed by atoms with Gasteiger partial charge in [-0.15, -0.1) is 0 Å². The molecule has 0 aliphatic heterocycles. The summed E-state index contributed by atoms with van der Waals surface area (Å²) in [6, 6.07) is 9.31. The SMILES string of the molecule is CC(F)CCCCCSC(=O)c1ccccc1. The van der Waals surface area contributed by atoms with Gasteiger partial charge in [0.1, 0.15) is 0 Å². The Hall–Kier alpha value is -0.830. The lowest BCUT2D eigenvalue weighted by atomic mass is 10.1. The Kier molecular flexibility index (Phi) is 6.94. The molecule has 1 unspecified atom stereocenters. The summed E-state index contributed by atoms with van der Waals surface area (Å²) in [5.74, 6) is 0.828. The van der Waals surface area contributed by atoms with Crippen LogP contribution >= 0.6 is 11.8 Å². The highest BCUT2D eigenvalue weighted by atomic mass is 32.2. The average molecular weight is 254 g/mol. The van der Waals surface area contributed by atoms with Crippen LogP contribution in [-0.4, -0.2) is 17.0 Å². The van der Waals surface area contributed by atoms with Crippen LogP contribution < -0.4 is 0 Å². The highest BCUT2D eigenvalue weighted by molar-refractivity contribution is 8.14. The molecule has 0 saturated carbocycles. The summed E-state index contributed by atoms with van der Waals surface area (Å²) >= 11 is 1.36. The quantitative estimate of drug-likeness (QED) is 0.667. The van der Waals surface area contributed by atoms with Crippen LogP contribution in [0.25, 0.3) is 0 Å². The molecule has 94 valence electrons. The lowest BCUT2D eigenvalue weighted by Gasteiger charge is -2.02. The molecule has 1 aromatic rings. The van der Waals surface area contributed by atoms with Crippen molar-refractivity contribution in [2.75, 3.05) is 5.75 Å². The van der Waals surface area contributed by atoms with Crippen LogP contribution in [0.1, 0.15) is 43.0 Å². The number of halogens is 1. The van der Waals surface area contributed by atoms with E-state index in [4.69, 9.17) is 0 Å². The fourth-order valence-corrected chi connectivity index (χ4v) is 2.36. The minimum absolute atomic E-state index is 0.129. The first-order valence-electron chi connectivity index (χ1n) is 6.06. The zero-order chi connectivity index (χ0) is 12.5. The Bertz CT molecular complexity index is 324. The van der Waals surface area contributed by atoms with Crippen LogP contribution in [0.5, 0.6) is 0 Å². The number of rotatable bonds is 7. The van der Waals surface area contributed by atoms with Gasteiger partial charge in [-0.1, -0.05) is 54.9 Å². The van der Waals surface area contributed by atoms with Gasteiger partial charge in [-0.05, 0) is 19.8 Å². The third-order valence-electron chi connectivity index (χ3n) is 2.49. The Labute approximate surface area is 107 Å². The van der Waals surface area contributed by atoms with Gasteiger partial charge in [-0.25, -0.2) is 4.39 Å². The van der Waals surface area contributed by atoms with E-state index in [1.807, 2.05) is 30.3 Å². The predicted octanol–water partition coefficient (Wildman–Crippen LogP) is 4.48. The van der Waals surface area contributed by atoms with E-state index >= 15 is 0 Å². The molecule has 1 aromatic carbocycles. The zero-order valence-electron chi connectivity index (χ0n) is 10.2. The molecule has 0 saturated heterocycles. The van der Waals surface area contributed by atoms with Crippen molar-refractivity contribution in [3.05, 3.63) is 35.9 Å². The van der Waals surface area contributed by atoms with Crippen molar-refractivity contribution < 1.29 is 9.18 Å². The first-order chi connectivity index (χ1) is 8.20. The Balaban J connectivity index is 2.09. The Morgan fingerprint density at radius 3 is 2.59 bits per heavy atom. The maximum atomic E-state index is 12.5. The first-order valence-corrected chi connectivity index (χ1v) is 7.05. The number of thioether (sulfide) groups is 1. The van der Waals surface area contributed by atoms with Crippen molar-refractivity contribution in [1.29, 1.82) is 0 Å².